The first-order valence-corrected chi connectivity index (χ1v) is 13.5. The quantitative estimate of drug-likeness (QED) is 0.516. The Morgan fingerprint density at radius 3 is 2.64 bits per heavy atom. The van der Waals surface area contributed by atoms with Crippen molar-refractivity contribution in [3.05, 3.63) is 58.6 Å². The number of sulfone groups is 1. The van der Waals surface area contributed by atoms with Crippen molar-refractivity contribution < 1.29 is 17.9 Å². The number of amides is 1. The predicted molar refractivity (Wildman–Crippen MR) is 129 cm³/mol. The molecule has 33 heavy (non-hydrogen) atoms. The average Bonchev–Trinajstić information content (AvgIpc) is 3.46. The first-order valence-electron chi connectivity index (χ1n) is 10.4. The number of hydrogen-bond donors (Lipinski definition) is 0. The van der Waals surface area contributed by atoms with Crippen LogP contribution < -0.4 is 9.64 Å². The van der Waals surface area contributed by atoms with E-state index in [1.165, 1.54) is 23.7 Å². The first-order chi connectivity index (χ1) is 15.6. The zero-order chi connectivity index (χ0) is 23.4. The minimum Gasteiger partial charge on any atom is -0.457 e. The zero-order valence-corrected chi connectivity index (χ0v) is 20.5. The summed E-state index contributed by atoms with van der Waals surface area (Å²) in [4.78, 5) is 20.8. The Balaban J connectivity index is 1.53. The van der Waals surface area contributed by atoms with Gasteiger partial charge in [0, 0.05) is 43.9 Å². The molecule has 2 aliphatic heterocycles. The number of thiazole rings is 1. The largest absolute Gasteiger partial charge is 0.457 e. The number of hydrogen-bond acceptors (Lipinski definition) is 7. The summed E-state index contributed by atoms with van der Waals surface area (Å²) in [6.45, 7) is 3.62. The standard InChI is InChI=1S/C23H22ClN3O4S2/c1-15(28)26-9-8-23(13-26)14-27(22-25-12-21(24)32-22)20-7-6-17(11-19(20)23)31-16-4-3-5-18(10-16)33(2,29)30/h3-7,10-12H,8-9,13-14H2,1-2H3. The monoisotopic (exact) mass is 503 g/mol. The fourth-order valence-corrected chi connectivity index (χ4v) is 6.22. The molecule has 0 saturated carbocycles. The fourth-order valence-electron chi connectivity index (χ4n) is 4.65. The number of nitrogens with zero attached hydrogens (tertiary/aromatic N) is 3. The number of ether oxygens (including phenoxy) is 1. The van der Waals surface area contributed by atoms with Gasteiger partial charge in [-0.25, -0.2) is 13.4 Å². The van der Waals surface area contributed by atoms with Gasteiger partial charge in [0.15, 0.2) is 15.0 Å². The Hall–Kier alpha value is -2.62. The van der Waals surface area contributed by atoms with Crippen molar-refractivity contribution >= 4 is 49.5 Å². The maximum absolute atomic E-state index is 12.1. The van der Waals surface area contributed by atoms with Crippen LogP contribution in [0.25, 0.3) is 0 Å². The molecule has 1 atom stereocenters. The summed E-state index contributed by atoms with van der Waals surface area (Å²) < 4.78 is 30.5. The molecule has 1 amide bonds. The van der Waals surface area contributed by atoms with Crippen molar-refractivity contribution in [2.24, 2.45) is 0 Å². The number of halogens is 1. The van der Waals surface area contributed by atoms with Crippen molar-refractivity contribution in [3.8, 4) is 11.5 Å². The van der Waals surface area contributed by atoms with E-state index in [1.54, 1.807) is 31.3 Å². The maximum atomic E-state index is 12.1. The topological polar surface area (TPSA) is 79.8 Å². The van der Waals surface area contributed by atoms with E-state index in [0.717, 1.165) is 22.8 Å². The van der Waals surface area contributed by atoms with Crippen LogP contribution in [-0.2, 0) is 20.0 Å². The number of fused-ring (bicyclic) bond motifs is 2. The lowest BCUT2D eigenvalue weighted by atomic mass is 9.81. The summed E-state index contributed by atoms with van der Waals surface area (Å²) in [7, 11) is -3.34. The summed E-state index contributed by atoms with van der Waals surface area (Å²) in [5, 5.41) is 0.814. The molecule has 1 spiro atoms. The van der Waals surface area contributed by atoms with Gasteiger partial charge >= 0.3 is 0 Å². The molecule has 1 aromatic heterocycles. The minimum absolute atomic E-state index is 0.0640. The van der Waals surface area contributed by atoms with Crippen molar-refractivity contribution in [1.82, 2.24) is 9.88 Å². The Morgan fingerprint density at radius 2 is 1.97 bits per heavy atom. The molecule has 10 heteroatoms. The Labute approximate surface area is 201 Å². The van der Waals surface area contributed by atoms with Gasteiger partial charge in [-0.15, -0.1) is 0 Å². The lowest BCUT2D eigenvalue weighted by molar-refractivity contribution is -0.127. The molecule has 7 nitrogen and oxygen atoms in total. The predicted octanol–water partition coefficient (Wildman–Crippen LogP) is 4.63. The molecule has 172 valence electrons. The summed E-state index contributed by atoms with van der Waals surface area (Å²) in [5.41, 5.74) is 1.87. The van der Waals surface area contributed by atoms with E-state index in [2.05, 4.69) is 9.88 Å². The van der Waals surface area contributed by atoms with Crippen LogP contribution in [-0.4, -0.2) is 50.1 Å². The van der Waals surface area contributed by atoms with Gasteiger partial charge in [0.25, 0.3) is 0 Å². The SMILES string of the molecule is CC(=O)N1CCC2(C1)CN(c1ncc(Cl)s1)c1ccc(Oc3cccc(S(C)(=O)=O)c3)cc12. The molecular weight excluding hydrogens is 482 g/mol. The Kier molecular flexibility index (Phi) is 5.38. The van der Waals surface area contributed by atoms with Gasteiger partial charge in [-0.1, -0.05) is 29.0 Å². The highest BCUT2D eigenvalue weighted by Crippen LogP contribution is 2.51. The molecule has 1 unspecified atom stereocenters. The van der Waals surface area contributed by atoms with E-state index in [0.29, 0.717) is 35.5 Å². The van der Waals surface area contributed by atoms with Gasteiger partial charge in [-0.3, -0.25) is 4.79 Å². The van der Waals surface area contributed by atoms with Crippen molar-refractivity contribution in [1.29, 1.82) is 0 Å². The molecule has 1 fully saturated rings. The molecule has 0 radical (unpaired) electrons. The van der Waals surface area contributed by atoms with Gasteiger partial charge in [-0.05, 0) is 48.4 Å². The number of benzene rings is 2. The maximum Gasteiger partial charge on any atom is 0.219 e. The Morgan fingerprint density at radius 1 is 1.18 bits per heavy atom. The van der Waals surface area contributed by atoms with E-state index < -0.39 is 9.84 Å². The number of carbonyl (C=O) groups excluding carboxylic acids is 1. The van der Waals surface area contributed by atoms with Crippen LogP contribution >= 0.6 is 22.9 Å². The smallest absolute Gasteiger partial charge is 0.219 e. The number of rotatable bonds is 4. The third kappa shape index (κ3) is 4.09. The number of anilines is 2. The summed E-state index contributed by atoms with van der Waals surface area (Å²) in [6, 6.07) is 12.3. The fraction of sp³-hybridized carbons (Fsp3) is 0.304. The van der Waals surface area contributed by atoms with Gasteiger partial charge in [0.2, 0.25) is 5.91 Å². The van der Waals surface area contributed by atoms with Crippen LogP contribution in [0.3, 0.4) is 0 Å². The summed E-state index contributed by atoms with van der Waals surface area (Å²) >= 11 is 7.58. The molecule has 1 saturated heterocycles. The second kappa shape index (κ2) is 8.00. The highest BCUT2D eigenvalue weighted by atomic mass is 35.5. The number of likely N-dealkylation sites (tertiary alicyclic amines) is 1. The third-order valence-corrected chi connectivity index (χ3v) is 8.50. The molecule has 0 N–H and O–H groups in total. The molecule has 2 aliphatic rings. The molecule has 5 rings (SSSR count). The highest BCUT2D eigenvalue weighted by molar-refractivity contribution is 7.90. The van der Waals surface area contributed by atoms with Crippen LogP contribution in [0.15, 0.2) is 53.6 Å². The Bertz CT molecular complexity index is 1360. The van der Waals surface area contributed by atoms with Crippen LogP contribution in [0.4, 0.5) is 10.8 Å². The van der Waals surface area contributed by atoms with Crippen LogP contribution in [0.5, 0.6) is 11.5 Å². The van der Waals surface area contributed by atoms with E-state index in [9.17, 15) is 13.2 Å². The summed E-state index contributed by atoms with van der Waals surface area (Å²) in [6.07, 6.45) is 3.66. The van der Waals surface area contributed by atoms with Gasteiger partial charge in [0.1, 0.15) is 15.8 Å². The van der Waals surface area contributed by atoms with Crippen LogP contribution in [0.1, 0.15) is 18.9 Å². The normalized spacial score (nSPS) is 19.8. The lowest BCUT2D eigenvalue weighted by Gasteiger charge is -2.25. The van der Waals surface area contributed by atoms with E-state index in [4.69, 9.17) is 16.3 Å². The average molecular weight is 504 g/mol. The van der Waals surface area contributed by atoms with Gasteiger partial charge in [-0.2, -0.15) is 0 Å². The zero-order valence-electron chi connectivity index (χ0n) is 18.1. The number of carbonyl (C=O) groups is 1. The second-order valence-corrected chi connectivity index (χ2v) is 12.2. The van der Waals surface area contributed by atoms with E-state index >= 15 is 0 Å². The molecule has 0 bridgehead atoms. The van der Waals surface area contributed by atoms with Crippen LogP contribution in [0, 0.1) is 0 Å². The molecule has 3 heterocycles. The van der Waals surface area contributed by atoms with E-state index in [-0.39, 0.29) is 16.2 Å². The number of aromatic nitrogens is 1. The third-order valence-electron chi connectivity index (χ3n) is 6.26. The minimum atomic E-state index is -3.34. The van der Waals surface area contributed by atoms with E-state index in [1.807, 2.05) is 23.1 Å². The van der Waals surface area contributed by atoms with Crippen molar-refractivity contribution in [2.75, 3.05) is 30.8 Å². The summed E-state index contributed by atoms with van der Waals surface area (Å²) in [5.74, 6) is 1.12. The lowest BCUT2D eigenvalue weighted by Crippen LogP contribution is -2.36. The second-order valence-electron chi connectivity index (χ2n) is 8.53. The molecule has 0 aliphatic carbocycles. The van der Waals surface area contributed by atoms with Crippen molar-refractivity contribution in [3.63, 3.8) is 0 Å². The van der Waals surface area contributed by atoms with Crippen LogP contribution in [0.2, 0.25) is 4.34 Å². The van der Waals surface area contributed by atoms with Crippen molar-refractivity contribution in [2.45, 2.75) is 23.7 Å². The molecular formula is C23H22ClN3O4S2. The molecule has 2 aromatic carbocycles. The van der Waals surface area contributed by atoms with Gasteiger partial charge in [0.05, 0.1) is 11.1 Å². The molecule has 3 aromatic rings. The first kappa shape index (κ1) is 22.2. The van der Waals surface area contributed by atoms with Gasteiger partial charge < -0.3 is 14.5 Å². The highest BCUT2D eigenvalue weighted by Gasteiger charge is 2.49.